The highest BCUT2D eigenvalue weighted by molar-refractivity contribution is 6.91. The van der Waals surface area contributed by atoms with Crippen LogP contribution in [0, 0.1) is 12.3 Å². The van der Waals surface area contributed by atoms with E-state index in [4.69, 9.17) is 0 Å². The zero-order valence-corrected chi connectivity index (χ0v) is 22.0. The summed E-state index contributed by atoms with van der Waals surface area (Å²) in [6.45, 7) is 21.8. The van der Waals surface area contributed by atoms with Gasteiger partial charge in [0.05, 0.1) is 16.1 Å². The van der Waals surface area contributed by atoms with Crippen molar-refractivity contribution in [2.45, 2.75) is 72.9 Å². The molecular weight excluding hydrogens is 380 g/mol. The van der Waals surface area contributed by atoms with Crippen LogP contribution in [-0.4, -0.2) is 16.1 Å². The molecule has 0 N–H and O–H groups in total. The van der Waals surface area contributed by atoms with Crippen LogP contribution in [0.5, 0.6) is 0 Å². The number of hydrogen-bond donors (Lipinski definition) is 0. The minimum Gasteiger partial charge on any atom is -0.0656 e. The van der Waals surface area contributed by atoms with Gasteiger partial charge in [0, 0.05) is 6.42 Å². The van der Waals surface area contributed by atoms with Gasteiger partial charge in [-0.2, -0.15) is 0 Å². The molecule has 0 fully saturated rings. The number of benzene rings is 2. The topological polar surface area (TPSA) is 0 Å². The molecule has 0 atom stereocenters. The lowest BCUT2D eigenvalue weighted by molar-refractivity contribution is 0.649. The highest BCUT2D eigenvalue weighted by Crippen LogP contribution is 2.39. The molecule has 1 radical (unpaired) electrons. The summed E-state index contributed by atoms with van der Waals surface area (Å²) in [5.41, 5.74) is 8.76. The number of allylic oxidation sites excluding steroid dienone is 1. The van der Waals surface area contributed by atoms with Gasteiger partial charge >= 0.3 is 0 Å². The van der Waals surface area contributed by atoms with Crippen molar-refractivity contribution in [3.05, 3.63) is 59.0 Å². The van der Waals surface area contributed by atoms with Gasteiger partial charge in [0.2, 0.25) is 0 Å². The molecular formula is C27H39Si2. The number of aryl methyl sites for hydroxylation is 1. The molecule has 0 unspecified atom stereocenters. The molecule has 0 aromatic heterocycles. The van der Waals surface area contributed by atoms with Gasteiger partial charge < -0.3 is 0 Å². The van der Waals surface area contributed by atoms with Crippen LogP contribution in [0.3, 0.4) is 0 Å². The Morgan fingerprint density at radius 3 is 1.90 bits per heavy atom. The summed E-state index contributed by atoms with van der Waals surface area (Å²) < 4.78 is 0. The van der Waals surface area contributed by atoms with Crippen LogP contribution in [0.2, 0.25) is 39.3 Å². The average Bonchev–Trinajstić information content (AvgIpc) is 3.00. The zero-order valence-electron chi connectivity index (χ0n) is 20.0. The fourth-order valence-electron chi connectivity index (χ4n) is 4.25. The van der Waals surface area contributed by atoms with Crippen LogP contribution in [-0.2, 0) is 6.42 Å². The Kier molecular flexibility index (Phi) is 6.18. The second-order valence-electron chi connectivity index (χ2n) is 11.2. The van der Waals surface area contributed by atoms with E-state index in [9.17, 15) is 0 Å². The van der Waals surface area contributed by atoms with E-state index in [0.29, 0.717) is 5.92 Å². The van der Waals surface area contributed by atoms with Crippen LogP contribution in [0.25, 0.3) is 17.2 Å². The van der Waals surface area contributed by atoms with Crippen molar-refractivity contribution in [1.29, 1.82) is 0 Å². The molecule has 1 aliphatic carbocycles. The molecule has 0 bridgehead atoms. The Labute approximate surface area is 181 Å². The summed E-state index contributed by atoms with van der Waals surface area (Å²) in [4.78, 5) is 0. The Morgan fingerprint density at radius 2 is 1.41 bits per heavy atom. The Hall–Kier alpha value is -1.39. The van der Waals surface area contributed by atoms with Crippen LogP contribution < -0.4 is 10.4 Å². The van der Waals surface area contributed by atoms with Gasteiger partial charge in [-0.05, 0) is 46.6 Å². The first-order valence-electron chi connectivity index (χ1n) is 11.3. The van der Waals surface area contributed by atoms with E-state index in [1.165, 1.54) is 33.4 Å². The monoisotopic (exact) mass is 419 g/mol. The number of hydrogen-bond acceptors (Lipinski definition) is 0. The van der Waals surface area contributed by atoms with E-state index in [2.05, 4.69) is 103 Å². The quantitative estimate of drug-likeness (QED) is 0.442. The SMILES string of the molecule is CCc1ccc2c(c1-c1cc([Si](C)(C)C)cc([Si](C)(C)C)c1)C=C(CC(C)C)[CH]2. The molecule has 2 aromatic carbocycles. The molecule has 0 amide bonds. The summed E-state index contributed by atoms with van der Waals surface area (Å²) in [6.07, 6.45) is 7.12. The van der Waals surface area contributed by atoms with E-state index < -0.39 is 16.1 Å². The number of fused-ring (bicyclic) bond motifs is 1. The van der Waals surface area contributed by atoms with Crippen molar-refractivity contribution in [3.8, 4) is 11.1 Å². The molecule has 0 aliphatic heterocycles. The molecule has 2 heteroatoms. The zero-order chi connectivity index (χ0) is 21.6. The van der Waals surface area contributed by atoms with Gasteiger partial charge in [-0.3, -0.25) is 0 Å². The summed E-state index contributed by atoms with van der Waals surface area (Å²) in [5.74, 6) is 0.689. The largest absolute Gasteiger partial charge is 0.0776 e. The fourth-order valence-corrected chi connectivity index (χ4v) is 6.75. The Balaban J connectivity index is 2.26. The minimum absolute atomic E-state index is 0.689. The maximum absolute atomic E-state index is 2.54. The maximum Gasteiger partial charge on any atom is 0.0776 e. The van der Waals surface area contributed by atoms with Crippen molar-refractivity contribution in [2.75, 3.05) is 0 Å². The Bertz CT molecular complexity index is 902. The normalized spacial score (nSPS) is 14.3. The molecule has 155 valence electrons. The van der Waals surface area contributed by atoms with Crippen LogP contribution in [0.4, 0.5) is 0 Å². The summed E-state index contributed by atoms with van der Waals surface area (Å²) >= 11 is 0. The third-order valence-electron chi connectivity index (χ3n) is 6.01. The van der Waals surface area contributed by atoms with E-state index in [1.54, 1.807) is 10.4 Å². The average molecular weight is 420 g/mol. The van der Waals surface area contributed by atoms with Gasteiger partial charge in [0.15, 0.2) is 0 Å². The second kappa shape index (κ2) is 8.04. The minimum atomic E-state index is -1.40. The van der Waals surface area contributed by atoms with E-state index in [-0.39, 0.29) is 0 Å². The first-order valence-corrected chi connectivity index (χ1v) is 18.3. The van der Waals surface area contributed by atoms with Crippen molar-refractivity contribution in [1.82, 2.24) is 0 Å². The van der Waals surface area contributed by atoms with E-state index in [1.807, 2.05) is 0 Å². The fraction of sp³-hybridized carbons (Fsp3) is 0.444. The predicted molar refractivity (Wildman–Crippen MR) is 138 cm³/mol. The highest BCUT2D eigenvalue weighted by Gasteiger charge is 2.26. The van der Waals surface area contributed by atoms with Crippen molar-refractivity contribution in [3.63, 3.8) is 0 Å². The molecule has 29 heavy (non-hydrogen) atoms. The summed E-state index contributed by atoms with van der Waals surface area (Å²) in [6, 6.07) is 12.3. The summed E-state index contributed by atoms with van der Waals surface area (Å²) in [7, 11) is -2.79. The smallest absolute Gasteiger partial charge is 0.0656 e. The second-order valence-corrected chi connectivity index (χ2v) is 21.4. The lowest BCUT2D eigenvalue weighted by Gasteiger charge is -2.25. The highest BCUT2D eigenvalue weighted by atomic mass is 28.3. The van der Waals surface area contributed by atoms with E-state index in [0.717, 1.165) is 12.8 Å². The van der Waals surface area contributed by atoms with Crippen molar-refractivity contribution < 1.29 is 0 Å². The molecule has 0 nitrogen and oxygen atoms in total. The van der Waals surface area contributed by atoms with Gasteiger partial charge in [-0.15, -0.1) is 0 Å². The lowest BCUT2D eigenvalue weighted by atomic mass is 9.91. The molecule has 3 rings (SSSR count). The lowest BCUT2D eigenvalue weighted by Crippen LogP contribution is -2.45. The molecule has 0 heterocycles. The summed E-state index contributed by atoms with van der Waals surface area (Å²) in [5, 5.41) is 3.20. The van der Waals surface area contributed by atoms with Crippen molar-refractivity contribution in [2.24, 2.45) is 5.92 Å². The van der Waals surface area contributed by atoms with Crippen LogP contribution >= 0.6 is 0 Å². The van der Waals surface area contributed by atoms with Crippen molar-refractivity contribution >= 4 is 32.6 Å². The van der Waals surface area contributed by atoms with Gasteiger partial charge in [0.1, 0.15) is 0 Å². The number of rotatable bonds is 6. The van der Waals surface area contributed by atoms with Gasteiger partial charge in [-0.1, -0.05) is 112 Å². The maximum atomic E-state index is 2.54. The van der Waals surface area contributed by atoms with Gasteiger partial charge in [-0.25, -0.2) is 0 Å². The van der Waals surface area contributed by atoms with Gasteiger partial charge in [0.25, 0.3) is 0 Å². The molecule has 0 saturated heterocycles. The standard InChI is InChI=1S/C27H39Si2/c1-10-21-11-12-22-14-20(13-19(2)3)15-26(22)27(21)23-16-24(28(4,5)6)18-25(17-23)29(7,8)9/h11-12,14-19H,10,13H2,1-9H3. The van der Waals surface area contributed by atoms with Crippen LogP contribution in [0.15, 0.2) is 35.9 Å². The van der Waals surface area contributed by atoms with Crippen LogP contribution in [0.1, 0.15) is 43.9 Å². The molecule has 0 saturated carbocycles. The first kappa shape index (κ1) is 22.3. The Morgan fingerprint density at radius 1 is 0.828 bits per heavy atom. The first-order chi connectivity index (χ1) is 13.4. The third-order valence-corrected chi connectivity index (χ3v) is 10.1. The third kappa shape index (κ3) is 4.86. The molecule has 0 spiro atoms. The predicted octanol–water partition coefficient (Wildman–Crippen LogP) is 7.00. The molecule has 1 aliphatic rings. The van der Waals surface area contributed by atoms with E-state index >= 15 is 0 Å². The molecule has 2 aromatic rings.